The number of nitrogens with one attached hydrogen (secondary N) is 2. The first-order valence-corrected chi connectivity index (χ1v) is 7.00. The molecule has 4 nitrogen and oxygen atoms in total. The van der Waals surface area contributed by atoms with E-state index in [9.17, 15) is 0 Å². The summed E-state index contributed by atoms with van der Waals surface area (Å²) in [5, 5.41) is 11.4. The minimum absolute atomic E-state index is 0.0541. The van der Waals surface area contributed by atoms with Gasteiger partial charge in [0.2, 0.25) is 0 Å². The van der Waals surface area contributed by atoms with Crippen LogP contribution >= 0.6 is 12.2 Å². The number of nitrogens with two attached hydrogens (primary N) is 1. The zero-order valence-electron chi connectivity index (χ0n) is 11.8. The smallest absolute Gasteiger partial charge is 0.199 e. The molecular formula is C14H22N4S. The maximum Gasteiger partial charge on any atom is 0.199 e. The topological polar surface area (TPSA) is 65.1 Å². The molecule has 1 aromatic rings. The summed E-state index contributed by atoms with van der Waals surface area (Å²) in [6, 6.07) is 6.15. The summed E-state index contributed by atoms with van der Waals surface area (Å²) < 4.78 is 0. The summed E-state index contributed by atoms with van der Waals surface area (Å²) in [6.07, 6.45) is 1.75. The van der Waals surface area contributed by atoms with E-state index in [1.165, 1.54) is 0 Å². The normalized spacial score (nSPS) is 10.1. The lowest BCUT2D eigenvalue weighted by Crippen LogP contribution is -2.47. The summed E-state index contributed by atoms with van der Waals surface area (Å²) in [4.78, 5) is 1.62. The summed E-state index contributed by atoms with van der Waals surface area (Å²) in [5.41, 5.74) is 8.97. The van der Waals surface area contributed by atoms with Crippen molar-refractivity contribution in [2.45, 2.75) is 33.6 Å². The van der Waals surface area contributed by atoms with E-state index < -0.39 is 0 Å². The Kier molecular flexibility index (Phi) is 5.76. The van der Waals surface area contributed by atoms with Crippen molar-refractivity contribution in [1.82, 2.24) is 5.32 Å². The predicted octanol–water partition coefficient (Wildman–Crippen LogP) is 2.41. The molecular weight excluding hydrogens is 256 g/mol. The highest BCUT2D eigenvalue weighted by Gasteiger charge is 2.20. The van der Waals surface area contributed by atoms with Crippen molar-refractivity contribution in [3.05, 3.63) is 29.3 Å². The Balaban J connectivity index is 3.36. The molecule has 0 aliphatic heterocycles. The molecule has 104 valence electrons. The third-order valence-corrected chi connectivity index (χ3v) is 3.29. The number of benzene rings is 1. The molecule has 0 unspecified atom stereocenters. The van der Waals surface area contributed by atoms with Crippen LogP contribution in [-0.2, 0) is 12.8 Å². The number of rotatable bonds is 4. The van der Waals surface area contributed by atoms with E-state index in [1.807, 2.05) is 13.0 Å². The van der Waals surface area contributed by atoms with Gasteiger partial charge in [0.25, 0.3) is 0 Å². The molecule has 19 heavy (non-hydrogen) atoms. The van der Waals surface area contributed by atoms with Crippen LogP contribution in [0.25, 0.3) is 0 Å². The molecule has 0 amide bonds. The van der Waals surface area contributed by atoms with Crippen LogP contribution in [0.5, 0.6) is 0 Å². The monoisotopic (exact) mass is 278 g/mol. The Labute approximate surface area is 120 Å². The Morgan fingerprint density at radius 3 is 2.16 bits per heavy atom. The first-order valence-electron chi connectivity index (χ1n) is 6.59. The minimum Gasteiger partial charge on any atom is -0.369 e. The molecule has 0 aliphatic carbocycles. The van der Waals surface area contributed by atoms with E-state index in [1.54, 1.807) is 4.90 Å². The van der Waals surface area contributed by atoms with Gasteiger partial charge < -0.3 is 11.1 Å². The summed E-state index contributed by atoms with van der Waals surface area (Å²) in [6.45, 7) is 6.86. The summed E-state index contributed by atoms with van der Waals surface area (Å²) in [5.74, 6) is -0.0541. The molecule has 1 rings (SSSR count). The van der Waals surface area contributed by atoms with Crippen LogP contribution in [0.1, 0.15) is 31.9 Å². The fourth-order valence-electron chi connectivity index (χ4n) is 2.06. The molecule has 0 bridgehead atoms. The second kappa shape index (κ2) is 7.09. The van der Waals surface area contributed by atoms with Crippen molar-refractivity contribution in [3.8, 4) is 0 Å². The zero-order chi connectivity index (χ0) is 14.4. The lowest BCUT2D eigenvalue weighted by Gasteiger charge is -2.28. The van der Waals surface area contributed by atoms with Crippen molar-refractivity contribution < 1.29 is 0 Å². The molecule has 0 fully saturated rings. The average molecular weight is 278 g/mol. The van der Waals surface area contributed by atoms with E-state index in [-0.39, 0.29) is 5.96 Å². The van der Waals surface area contributed by atoms with Gasteiger partial charge in [0.05, 0.1) is 5.69 Å². The van der Waals surface area contributed by atoms with Crippen LogP contribution in [0.15, 0.2) is 18.2 Å². The van der Waals surface area contributed by atoms with Crippen molar-refractivity contribution in [2.24, 2.45) is 5.73 Å². The van der Waals surface area contributed by atoms with Gasteiger partial charge in [-0.1, -0.05) is 32.0 Å². The van der Waals surface area contributed by atoms with Crippen LogP contribution < -0.4 is 16.0 Å². The van der Waals surface area contributed by atoms with Crippen LogP contribution in [0.2, 0.25) is 0 Å². The SMILES string of the molecule is CCNC(=S)N(C(=N)N)c1c(CC)cccc1CC. The first kappa shape index (κ1) is 15.4. The molecule has 0 atom stereocenters. The van der Waals surface area contributed by atoms with Gasteiger partial charge in [-0.05, 0) is 43.1 Å². The number of aryl methyl sites for hydroxylation is 2. The van der Waals surface area contributed by atoms with Crippen molar-refractivity contribution in [1.29, 1.82) is 5.41 Å². The molecule has 0 radical (unpaired) electrons. The Morgan fingerprint density at radius 1 is 1.26 bits per heavy atom. The molecule has 0 aliphatic rings. The van der Waals surface area contributed by atoms with Gasteiger partial charge in [0.1, 0.15) is 0 Å². The molecule has 1 aromatic carbocycles. The molecule has 4 N–H and O–H groups in total. The number of thiocarbonyl (C=S) groups is 1. The fraction of sp³-hybridized carbons (Fsp3) is 0.429. The summed E-state index contributed by atoms with van der Waals surface area (Å²) in [7, 11) is 0. The zero-order valence-corrected chi connectivity index (χ0v) is 12.6. The highest BCUT2D eigenvalue weighted by molar-refractivity contribution is 7.80. The van der Waals surface area contributed by atoms with Gasteiger partial charge in [0, 0.05) is 6.54 Å². The number of hydrogen-bond donors (Lipinski definition) is 3. The highest BCUT2D eigenvalue weighted by atomic mass is 32.1. The van der Waals surface area contributed by atoms with Gasteiger partial charge in [0.15, 0.2) is 11.1 Å². The van der Waals surface area contributed by atoms with Crippen LogP contribution in [0.4, 0.5) is 5.69 Å². The Morgan fingerprint density at radius 2 is 1.79 bits per heavy atom. The fourth-order valence-corrected chi connectivity index (χ4v) is 2.40. The average Bonchev–Trinajstić information content (AvgIpc) is 2.39. The van der Waals surface area contributed by atoms with Crippen LogP contribution in [0.3, 0.4) is 0 Å². The Bertz CT molecular complexity index is 448. The number of anilines is 1. The number of para-hydroxylation sites is 1. The van der Waals surface area contributed by atoms with Gasteiger partial charge in [-0.15, -0.1) is 0 Å². The van der Waals surface area contributed by atoms with Gasteiger partial charge in [-0.3, -0.25) is 10.3 Å². The van der Waals surface area contributed by atoms with E-state index in [0.29, 0.717) is 11.7 Å². The second-order valence-electron chi connectivity index (χ2n) is 4.19. The maximum atomic E-state index is 7.82. The summed E-state index contributed by atoms with van der Waals surface area (Å²) >= 11 is 5.34. The maximum absolute atomic E-state index is 7.82. The lowest BCUT2D eigenvalue weighted by atomic mass is 10.0. The molecule has 5 heteroatoms. The lowest BCUT2D eigenvalue weighted by molar-refractivity contribution is 0.959. The standard InChI is InChI=1S/C14H22N4S/c1-4-10-8-7-9-11(5-2)12(10)18(13(15)16)14(19)17-6-3/h7-9H,4-6H2,1-3H3,(H3,15,16)(H,17,19). The van der Waals surface area contributed by atoms with E-state index in [4.69, 9.17) is 23.4 Å². The largest absolute Gasteiger partial charge is 0.369 e. The van der Waals surface area contributed by atoms with E-state index >= 15 is 0 Å². The third-order valence-electron chi connectivity index (χ3n) is 2.96. The molecule has 0 spiro atoms. The molecule has 0 saturated heterocycles. The van der Waals surface area contributed by atoms with Crippen molar-refractivity contribution in [2.75, 3.05) is 11.4 Å². The number of hydrogen-bond acceptors (Lipinski definition) is 2. The van der Waals surface area contributed by atoms with E-state index in [0.717, 1.165) is 29.7 Å². The third kappa shape index (κ3) is 3.44. The number of nitrogens with zero attached hydrogens (tertiary/aromatic N) is 1. The van der Waals surface area contributed by atoms with Crippen LogP contribution in [0, 0.1) is 5.41 Å². The number of guanidine groups is 1. The van der Waals surface area contributed by atoms with E-state index in [2.05, 4.69) is 31.3 Å². The van der Waals surface area contributed by atoms with Crippen molar-refractivity contribution >= 4 is 29.0 Å². The predicted molar refractivity (Wildman–Crippen MR) is 85.9 cm³/mol. The molecule has 0 heterocycles. The van der Waals surface area contributed by atoms with Crippen LogP contribution in [-0.4, -0.2) is 17.6 Å². The Hall–Kier alpha value is -1.62. The second-order valence-corrected chi connectivity index (χ2v) is 4.57. The highest BCUT2D eigenvalue weighted by Crippen LogP contribution is 2.27. The van der Waals surface area contributed by atoms with Gasteiger partial charge in [-0.25, -0.2) is 0 Å². The minimum atomic E-state index is -0.0541. The molecule has 0 aromatic heterocycles. The quantitative estimate of drug-likeness (QED) is 0.449. The van der Waals surface area contributed by atoms with Gasteiger partial charge >= 0.3 is 0 Å². The first-order chi connectivity index (χ1) is 9.06. The van der Waals surface area contributed by atoms with Crippen molar-refractivity contribution in [3.63, 3.8) is 0 Å². The van der Waals surface area contributed by atoms with Gasteiger partial charge in [-0.2, -0.15) is 0 Å². The molecule has 0 saturated carbocycles.